The second-order valence-electron chi connectivity index (χ2n) is 5.37. The van der Waals surface area contributed by atoms with Gasteiger partial charge in [0.05, 0.1) is 0 Å². The molecule has 0 spiro atoms. The summed E-state index contributed by atoms with van der Waals surface area (Å²) in [6.45, 7) is 4.78. The minimum Gasteiger partial charge on any atom is -0.332 e. The highest BCUT2D eigenvalue weighted by molar-refractivity contribution is 5.10. The van der Waals surface area contributed by atoms with Gasteiger partial charge in [-0.2, -0.15) is 0 Å². The van der Waals surface area contributed by atoms with E-state index in [0.29, 0.717) is 6.04 Å². The number of nitrogens with zero attached hydrogens (tertiary/aromatic N) is 3. The van der Waals surface area contributed by atoms with Crippen molar-refractivity contribution in [2.45, 2.75) is 44.7 Å². The van der Waals surface area contributed by atoms with Crippen LogP contribution in [0.1, 0.15) is 30.8 Å². The SMILES string of the molecule is NC1CCn2c(cnc2CCN2CCCC2)C1. The lowest BCUT2D eigenvalue weighted by Gasteiger charge is -2.22. The van der Waals surface area contributed by atoms with Gasteiger partial charge in [-0.1, -0.05) is 0 Å². The molecule has 0 amide bonds. The van der Waals surface area contributed by atoms with Crippen molar-refractivity contribution in [2.75, 3.05) is 19.6 Å². The number of fused-ring (bicyclic) bond motifs is 1. The van der Waals surface area contributed by atoms with Crippen LogP contribution in [0.25, 0.3) is 0 Å². The van der Waals surface area contributed by atoms with Crippen molar-refractivity contribution in [3.05, 3.63) is 17.7 Å². The number of likely N-dealkylation sites (tertiary alicyclic amines) is 1. The van der Waals surface area contributed by atoms with Crippen molar-refractivity contribution in [1.29, 1.82) is 0 Å². The normalized spacial score (nSPS) is 25.1. The van der Waals surface area contributed by atoms with E-state index >= 15 is 0 Å². The number of hydrogen-bond acceptors (Lipinski definition) is 3. The van der Waals surface area contributed by atoms with Crippen LogP contribution in [0.15, 0.2) is 6.20 Å². The second kappa shape index (κ2) is 4.78. The summed E-state index contributed by atoms with van der Waals surface area (Å²) in [5.74, 6) is 1.26. The average molecular weight is 234 g/mol. The standard InChI is InChI=1S/C13H22N4/c14-11-3-8-17-12(9-11)10-15-13(17)4-7-16-5-1-2-6-16/h10-11H,1-9,14H2. The molecule has 2 aliphatic rings. The van der Waals surface area contributed by atoms with Crippen LogP contribution in [0.4, 0.5) is 0 Å². The number of aromatic nitrogens is 2. The van der Waals surface area contributed by atoms with Gasteiger partial charge >= 0.3 is 0 Å². The molecule has 17 heavy (non-hydrogen) atoms. The van der Waals surface area contributed by atoms with Crippen LogP contribution in [0.3, 0.4) is 0 Å². The van der Waals surface area contributed by atoms with Crippen molar-refractivity contribution in [3.63, 3.8) is 0 Å². The first-order valence-corrected chi connectivity index (χ1v) is 6.84. The van der Waals surface area contributed by atoms with Crippen molar-refractivity contribution in [2.24, 2.45) is 5.73 Å². The Kier molecular flexibility index (Phi) is 3.16. The molecule has 2 N–H and O–H groups in total. The molecule has 4 nitrogen and oxygen atoms in total. The predicted molar refractivity (Wildman–Crippen MR) is 67.9 cm³/mol. The van der Waals surface area contributed by atoms with E-state index in [1.165, 1.54) is 44.0 Å². The van der Waals surface area contributed by atoms with Gasteiger partial charge in [-0.05, 0) is 32.4 Å². The van der Waals surface area contributed by atoms with Gasteiger partial charge < -0.3 is 15.2 Å². The molecule has 2 aliphatic heterocycles. The largest absolute Gasteiger partial charge is 0.332 e. The Morgan fingerprint density at radius 2 is 2.12 bits per heavy atom. The van der Waals surface area contributed by atoms with E-state index in [4.69, 9.17) is 5.73 Å². The molecular formula is C13H22N4. The number of imidazole rings is 1. The number of rotatable bonds is 3. The third-order valence-electron chi connectivity index (χ3n) is 4.07. The maximum atomic E-state index is 5.98. The van der Waals surface area contributed by atoms with Crippen LogP contribution in [-0.4, -0.2) is 40.1 Å². The molecule has 1 aromatic heterocycles. The Morgan fingerprint density at radius 3 is 2.94 bits per heavy atom. The van der Waals surface area contributed by atoms with Crippen LogP contribution in [0, 0.1) is 0 Å². The van der Waals surface area contributed by atoms with E-state index in [1.54, 1.807) is 0 Å². The summed E-state index contributed by atoms with van der Waals surface area (Å²) >= 11 is 0. The fraction of sp³-hybridized carbons (Fsp3) is 0.769. The Balaban J connectivity index is 1.63. The van der Waals surface area contributed by atoms with Crippen LogP contribution < -0.4 is 5.73 Å². The van der Waals surface area contributed by atoms with E-state index in [1.807, 2.05) is 6.20 Å². The highest BCUT2D eigenvalue weighted by Crippen LogP contribution is 2.17. The molecule has 0 saturated carbocycles. The summed E-state index contributed by atoms with van der Waals surface area (Å²) in [7, 11) is 0. The van der Waals surface area contributed by atoms with Gasteiger partial charge in [0.2, 0.25) is 0 Å². The summed E-state index contributed by atoms with van der Waals surface area (Å²) < 4.78 is 2.39. The van der Waals surface area contributed by atoms with E-state index in [0.717, 1.165) is 25.8 Å². The molecule has 1 saturated heterocycles. The summed E-state index contributed by atoms with van der Waals surface area (Å²) in [6, 6.07) is 0.339. The lowest BCUT2D eigenvalue weighted by Crippen LogP contribution is -2.31. The molecule has 0 bridgehead atoms. The topological polar surface area (TPSA) is 47.1 Å². The number of hydrogen-bond donors (Lipinski definition) is 1. The zero-order valence-electron chi connectivity index (χ0n) is 10.4. The molecule has 1 atom stereocenters. The van der Waals surface area contributed by atoms with Gasteiger partial charge in [-0.25, -0.2) is 4.98 Å². The van der Waals surface area contributed by atoms with Gasteiger partial charge in [0.1, 0.15) is 5.82 Å². The van der Waals surface area contributed by atoms with Gasteiger partial charge in [-0.3, -0.25) is 0 Å². The third-order valence-corrected chi connectivity index (χ3v) is 4.07. The maximum Gasteiger partial charge on any atom is 0.110 e. The van der Waals surface area contributed by atoms with Crippen LogP contribution in [0.5, 0.6) is 0 Å². The highest BCUT2D eigenvalue weighted by atomic mass is 15.1. The Bertz CT molecular complexity index is 379. The van der Waals surface area contributed by atoms with Crippen LogP contribution in [-0.2, 0) is 19.4 Å². The fourth-order valence-electron chi connectivity index (χ4n) is 3.02. The Labute approximate surface area is 103 Å². The lowest BCUT2D eigenvalue weighted by atomic mass is 10.1. The van der Waals surface area contributed by atoms with Crippen molar-refractivity contribution < 1.29 is 0 Å². The molecule has 0 aromatic carbocycles. The predicted octanol–water partition coefficient (Wildman–Crippen LogP) is 0.795. The first-order chi connectivity index (χ1) is 8.33. The van der Waals surface area contributed by atoms with E-state index < -0.39 is 0 Å². The van der Waals surface area contributed by atoms with Crippen LogP contribution >= 0.6 is 0 Å². The summed E-state index contributed by atoms with van der Waals surface area (Å²) in [5.41, 5.74) is 7.32. The van der Waals surface area contributed by atoms with Crippen molar-refractivity contribution in [3.8, 4) is 0 Å². The first kappa shape index (κ1) is 11.2. The summed E-state index contributed by atoms with van der Waals surface area (Å²) in [5, 5.41) is 0. The molecule has 1 aromatic rings. The fourth-order valence-corrected chi connectivity index (χ4v) is 3.02. The van der Waals surface area contributed by atoms with Gasteiger partial charge in [0.25, 0.3) is 0 Å². The zero-order chi connectivity index (χ0) is 11.7. The molecule has 94 valence electrons. The molecule has 1 fully saturated rings. The van der Waals surface area contributed by atoms with Crippen LogP contribution in [0.2, 0.25) is 0 Å². The summed E-state index contributed by atoms with van der Waals surface area (Å²) in [6.07, 6.45) is 7.95. The maximum absolute atomic E-state index is 5.98. The van der Waals surface area contributed by atoms with E-state index in [9.17, 15) is 0 Å². The first-order valence-electron chi connectivity index (χ1n) is 6.84. The third kappa shape index (κ3) is 2.38. The van der Waals surface area contributed by atoms with Gasteiger partial charge in [0.15, 0.2) is 0 Å². The average Bonchev–Trinajstić information content (AvgIpc) is 2.94. The molecule has 3 heterocycles. The Hall–Kier alpha value is -0.870. The molecule has 3 rings (SSSR count). The molecular weight excluding hydrogens is 212 g/mol. The zero-order valence-corrected chi connectivity index (χ0v) is 10.4. The van der Waals surface area contributed by atoms with Crippen molar-refractivity contribution in [1.82, 2.24) is 14.5 Å². The van der Waals surface area contributed by atoms with Crippen molar-refractivity contribution >= 4 is 0 Å². The second-order valence-corrected chi connectivity index (χ2v) is 5.37. The van der Waals surface area contributed by atoms with E-state index in [2.05, 4.69) is 14.5 Å². The molecule has 0 aliphatic carbocycles. The highest BCUT2D eigenvalue weighted by Gasteiger charge is 2.19. The smallest absolute Gasteiger partial charge is 0.110 e. The molecule has 1 unspecified atom stereocenters. The minimum atomic E-state index is 0.339. The molecule has 4 heteroatoms. The number of nitrogens with two attached hydrogens (primary N) is 1. The Morgan fingerprint density at radius 1 is 1.29 bits per heavy atom. The monoisotopic (exact) mass is 234 g/mol. The van der Waals surface area contributed by atoms with E-state index in [-0.39, 0.29) is 0 Å². The minimum absolute atomic E-state index is 0.339. The molecule has 0 radical (unpaired) electrons. The van der Waals surface area contributed by atoms with Gasteiger partial charge in [-0.15, -0.1) is 0 Å². The quantitative estimate of drug-likeness (QED) is 0.841. The summed E-state index contributed by atoms with van der Waals surface area (Å²) in [4.78, 5) is 7.13. The van der Waals surface area contributed by atoms with Gasteiger partial charge in [0, 0.05) is 43.9 Å². The lowest BCUT2D eigenvalue weighted by molar-refractivity contribution is 0.336.